The van der Waals surface area contributed by atoms with Crippen molar-refractivity contribution < 1.29 is 9.59 Å². The number of hydrogen-bond donors (Lipinski definition) is 3. The van der Waals surface area contributed by atoms with Crippen LogP contribution in [0.1, 0.15) is 31.4 Å². The Bertz CT molecular complexity index is 709. The highest BCUT2D eigenvalue weighted by Gasteiger charge is 2.28. The van der Waals surface area contributed by atoms with Crippen LogP contribution in [0.5, 0.6) is 0 Å². The van der Waals surface area contributed by atoms with Crippen LogP contribution in [-0.4, -0.2) is 17.9 Å². The molecule has 0 unspecified atom stereocenters. The molecule has 3 rings (SSSR count). The summed E-state index contributed by atoms with van der Waals surface area (Å²) in [7, 11) is 0. The van der Waals surface area contributed by atoms with Gasteiger partial charge in [-0.05, 0) is 42.7 Å². The molecule has 124 valence electrons. The topological polar surface area (TPSA) is 70.2 Å². The molecular weight excluding hydrogens is 302 g/mol. The van der Waals surface area contributed by atoms with Gasteiger partial charge in [0.2, 0.25) is 11.8 Å². The molecule has 1 aliphatic carbocycles. The molecule has 0 aliphatic heterocycles. The molecule has 1 aliphatic rings. The molecule has 0 radical (unpaired) electrons. The lowest BCUT2D eigenvalue weighted by atomic mass is 10.1. The highest BCUT2D eigenvalue weighted by atomic mass is 16.2. The highest BCUT2D eigenvalue weighted by molar-refractivity contribution is 5.89. The van der Waals surface area contributed by atoms with Gasteiger partial charge < -0.3 is 16.0 Å². The molecule has 2 aromatic rings. The Labute approximate surface area is 141 Å². The van der Waals surface area contributed by atoms with Crippen molar-refractivity contribution in [1.29, 1.82) is 0 Å². The number of hydrogen-bond acceptors (Lipinski definition) is 3. The van der Waals surface area contributed by atoms with Crippen molar-refractivity contribution in [2.45, 2.75) is 31.8 Å². The third-order valence-electron chi connectivity index (χ3n) is 3.84. The lowest BCUT2D eigenvalue weighted by Gasteiger charge is -2.20. The zero-order chi connectivity index (χ0) is 16.9. The van der Waals surface area contributed by atoms with Gasteiger partial charge in [0.1, 0.15) is 6.04 Å². The number of amides is 2. The molecule has 2 amide bonds. The second-order valence-corrected chi connectivity index (χ2v) is 6.03. The van der Waals surface area contributed by atoms with E-state index in [1.807, 2.05) is 54.6 Å². The predicted molar refractivity (Wildman–Crippen MR) is 94.7 cm³/mol. The average Bonchev–Trinajstić information content (AvgIpc) is 3.38. The van der Waals surface area contributed by atoms with Crippen LogP contribution in [0.3, 0.4) is 0 Å². The van der Waals surface area contributed by atoms with E-state index in [4.69, 9.17) is 0 Å². The number of benzene rings is 2. The van der Waals surface area contributed by atoms with Crippen LogP contribution in [0.4, 0.5) is 11.4 Å². The molecule has 5 nitrogen and oxygen atoms in total. The van der Waals surface area contributed by atoms with Gasteiger partial charge in [-0.2, -0.15) is 0 Å². The summed E-state index contributed by atoms with van der Waals surface area (Å²) in [5, 5.41) is 9.06. The monoisotopic (exact) mass is 323 g/mol. The second-order valence-electron chi connectivity index (χ2n) is 6.03. The molecule has 5 heteroatoms. The van der Waals surface area contributed by atoms with Crippen molar-refractivity contribution in [2.75, 3.05) is 10.6 Å². The summed E-state index contributed by atoms with van der Waals surface area (Å²) in [4.78, 5) is 23.7. The standard InChI is InChI=1S/C19H21N3O2/c1-13(23)20-15-7-9-16(10-8-15)21-18(14-5-3-2-4-6-14)19(24)22-17-11-12-17/h2-10,17-18,21H,11-12H2,1H3,(H,20,23)(H,22,24)/t18-/m0/s1. The molecule has 0 saturated heterocycles. The summed E-state index contributed by atoms with van der Waals surface area (Å²) < 4.78 is 0. The quantitative estimate of drug-likeness (QED) is 0.765. The van der Waals surface area contributed by atoms with Gasteiger partial charge in [-0.15, -0.1) is 0 Å². The molecule has 0 aromatic heterocycles. The minimum atomic E-state index is -0.446. The summed E-state index contributed by atoms with van der Waals surface area (Å²) in [5.41, 5.74) is 2.47. The van der Waals surface area contributed by atoms with E-state index in [0.717, 1.165) is 29.8 Å². The third-order valence-corrected chi connectivity index (χ3v) is 3.84. The molecule has 0 heterocycles. The smallest absolute Gasteiger partial charge is 0.247 e. The molecular formula is C19H21N3O2. The number of nitrogens with one attached hydrogen (secondary N) is 3. The third kappa shape index (κ3) is 4.35. The molecule has 1 fully saturated rings. The predicted octanol–water partition coefficient (Wildman–Crippen LogP) is 3.08. The molecule has 3 N–H and O–H groups in total. The van der Waals surface area contributed by atoms with E-state index < -0.39 is 6.04 Å². The lowest BCUT2D eigenvalue weighted by molar-refractivity contribution is -0.122. The fourth-order valence-electron chi connectivity index (χ4n) is 2.48. The Hall–Kier alpha value is -2.82. The highest BCUT2D eigenvalue weighted by Crippen LogP contribution is 2.24. The minimum Gasteiger partial charge on any atom is -0.370 e. The van der Waals surface area contributed by atoms with Gasteiger partial charge in [0.15, 0.2) is 0 Å². The van der Waals surface area contributed by atoms with Gasteiger partial charge in [0.25, 0.3) is 0 Å². The first-order valence-electron chi connectivity index (χ1n) is 8.11. The van der Waals surface area contributed by atoms with Crippen LogP contribution in [-0.2, 0) is 9.59 Å². The van der Waals surface area contributed by atoms with Crippen molar-refractivity contribution >= 4 is 23.2 Å². The van der Waals surface area contributed by atoms with Crippen LogP contribution < -0.4 is 16.0 Å². The maximum absolute atomic E-state index is 12.6. The Morgan fingerprint density at radius 1 is 0.958 bits per heavy atom. The summed E-state index contributed by atoms with van der Waals surface area (Å²) in [6, 6.07) is 16.9. The van der Waals surface area contributed by atoms with Crippen molar-refractivity contribution in [3.8, 4) is 0 Å². The van der Waals surface area contributed by atoms with E-state index in [-0.39, 0.29) is 11.8 Å². The van der Waals surface area contributed by atoms with Crippen LogP contribution >= 0.6 is 0 Å². The number of carbonyl (C=O) groups excluding carboxylic acids is 2. The van der Waals surface area contributed by atoms with Crippen LogP contribution in [0, 0.1) is 0 Å². The SMILES string of the molecule is CC(=O)Nc1ccc(N[C@H](C(=O)NC2CC2)c2ccccc2)cc1. The van der Waals surface area contributed by atoms with Crippen molar-refractivity contribution in [1.82, 2.24) is 5.32 Å². The molecule has 2 aromatic carbocycles. The zero-order valence-corrected chi connectivity index (χ0v) is 13.6. The largest absolute Gasteiger partial charge is 0.370 e. The van der Waals surface area contributed by atoms with Crippen molar-refractivity contribution in [2.24, 2.45) is 0 Å². The Kier molecular flexibility index (Phi) is 4.79. The van der Waals surface area contributed by atoms with Crippen LogP contribution in [0.25, 0.3) is 0 Å². The van der Waals surface area contributed by atoms with Gasteiger partial charge in [-0.25, -0.2) is 0 Å². The Balaban J connectivity index is 1.75. The molecule has 1 atom stereocenters. The van der Waals surface area contributed by atoms with Gasteiger partial charge in [-0.1, -0.05) is 30.3 Å². The minimum absolute atomic E-state index is 0.0189. The van der Waals surface area contributed by atoms with E-state index in [9.17, 15) is 9.59 Å². The summed E-state index contributed by atoms with van der Waals surface area (Å²) in [5.74, 6) is -0.128. The van der Waals surface area contributed by atoms with Gasteiger partial charge in [0.05, 0.1) is 0 Å². The van der Waals surface area contributed by atoms with Gasteiger partial charge >= 0.3 is 0 Å². The fourth-order valence-corrected chi connectivity index (χ4v) is 2.48. The molecule has 0 spiro atoms. The van der Waals surface area contributed by atoms with E-state index >= 15 is 0 Å². The number of carbonyl (C=O) groups is 2. The maximum Gasteiger partial charge on any atom is 0.247 e. The number of anilines is 2. The second kappa shape index (κ2) is 7.17. The average molecular weight is 323 g/mol. The zero-order valence-electron chi connectivity index (χ0n) is 13.6. The van der Waals surface area contributed by atoms with Crippen molar-refractivity contribution in [3.63, 3.8) is 0 Å². The summed E-state index contributed by atoms with van der Waals surface area (Å²) >= 11 is 0. The van der Waals surface area contributed by atoms with Crippen LogP contribution in [0.2, 0.25) is 0 Å². The first-order chi connectivity index (χ1) is 11.6. The lowest BCUT2D eigenvalue weighted by Crippen LogP contribution is -2.34. The maximum atomic E-state index is 12.6. The van der Waals surface area contributed by atoms with E-state index in [0.29, 0.717) is 6.04 Å². The first-order valence-corrected chi connectivity index (χ1v) is 8.11. The summed E-state index contributed by atoms with van der Waals surface area (Å²) in [6.45, 7) is 1.47. The van der Waals surface area contributed by atoms with E-state index in [1.54, 1.807) is 0 Å². The molecule has 0 bridgehead atoms. The molecule has 1 saturated carbocycles. The fraction of sp³-hybridized carbons (Fsp3) is 0.263. The Morgan fingerprint density at radius 2 is 1.58 bits per heavy atom. The summed E-state index contributed by atoms with van der Waals surface area (Å²) in [6.07, 6.45) is 2.11. The van der Waals surface area contributed by atoms with Gasteiger partial charge in [-0.3, -0.25) is 9.59 Å². The first kappa shape index (κ1) is 16.1. The molecule has 24 heavy (non-hydrogen) atoms. The normalized spacial score (nSPS) is 14.5. The number of rotatable bonds is 6. The van der Waals surface area contributed by atoms with E-state index in [1.165, 1.54) is 6.92 Å². The van der Waals surface area contributed by atoms with Crippen LogP contribution in [0.15, 0.2) is 54.6 Å². The van der Waals surface area contributed by atoms with Gasteiger partial charge in [0, 0.05) is 24.3 Å². The Morgan fingerprint density at radius 3 is 2.17 bits per heavy atom. The van der Waals surface area contributed by atoms with E-state index in [2.05, 4.69) is 16.0 Å². The van der Waals surface area contributed by atoms with Crippen molar-refractivity contribution in [3.05, 3.63) is 60.2 Å².